The fourth-order valence-corrected chi connectivity index (χ4v) is 10.4. The number of ether oxygens (including phenoxy) is 5. The second kappa shape index (κ2) is 18.7. The number of hydrogen-bond donors (Lipinski definition) is 6. The van der Waals surface area contributed by atoms with Gasteiger partial charge in [-0.2, -0.15) is 0 Å². The first kappa shape index (κ1) is 48.0. The molecule has 1 saturated heterocycles. The molecule has 0 aromatic heterocycles. The van der Waals surface area contributed by atoms with E-state index in [9.17, 15) is 39.3 Å². The summed E-state index contributed by atoms with van der Waals surface area (Å²) in [5.74, 6) is -6.05. The molecular weight excluding hydrogens is 855 g/mol. The Balaban J connectivity index is 1.40. The van der Waals surface area contributed by atoms with Gasteiger partial charge in [0.1, 0.15) is 23.9 Å². The van der Waals surface area contributed by atoms with E-state index < -0.39 is 113 Å². The number of alkyl carbamates (subject to hydrolysis) is 1. The minimum absolute atomic E-state index is 0.0368. The predicted octanol–water partition coefficient (Wildman–Crippen LogP) is 3.47. The summed E-state index contributed by atoms with van der Waals surface area (Å²) in [6.45, 7) is 9.08. The number of aliphatic hydroxyl groups is 3. The SMILES string of the molecule is CCNCNC(=O)O[C@H]1C(=O)C2(C)[C@@H](O)CC3OC[C@@]3(OC(C)=O)[C@H]2[C@H](OC(=O)c2ccccc2)[C@]2(O)C[C@H](OC(=O)[C@H](O)[C@@H](NC(=O)c3ccccc3)c3ccccc3)C(C)=C1C2(C)C. The third kappa shape index (κ3) is 8.38. The van der Waals surface area contributed by atoms with Crippen LogP contribution in [0, 0.1) is 16.7 Å². The average molecular weight is 912 g/mol. The zero-order chi connectivity index (χ0) is 47.8. The normalized spacial score (nSPS) is 30.6. The molecule has 4 aliphatic rings. The number of hydrogen-bond acceptors (Lipinski definition) is 15. The molecule has 3 aromatic rings. The molecule has 1 aliphatic heterocycles. The monoisotopic (exact) mass is 911 g/mol. The summed E-state index contributed by atoms with van der Waals surface area (Å²) in [5.41, 5.74) is -7.27. The molecule has 17 nitrogen and oxygen atoms in total. The maximum Gasteiger partial charge on any atom is 0.409 e. The second-order valence-electron chi connectivity index (χ2n) is 18.1. The summed E-state index contributed by atoms with van der Waals surface area (Å²) in [4.78, 5) is 84.9. The van der Waals surface area contributed by atoms with Crippen LogP contribution < -0.4 is 16.0 Å². The van der Waals surface area contributed by atoms with Crippen LogP contribution in [0.5, 0.6) is 0 Å². The van der Waals surface area contributed by atoms with Gasteiger partial charge in [0.2, 0.25) is 0 Å². The fraction of sp³-hybridized carbons (Fsp3) is 0.469. The standard InChI is InChI=1S/C49H57N3O14/c1-7-50-26-51-45(60)64-38-35-27(2)32(63-44(59)37(55)36(29-17-11-8-12-18-29)52-42(57)30-19-13-9-14-20-30)24-49(61,46(35,4)5)41(65-43(58)31-21-15-10-16-22-31)39-47(6,40(38)56)33(54)23-34-48(39,25-62-34)66-28(3)53/h8-22,32-34,36-39,41,50,54-55,61H,7,23-26H2,1-6H3,(H,51,60)(H,52,57)/t32-,33-,34?,36-,37+,38+,39-,41-,47?,48-,49+/m0/s1. The molecule has 11 atom stereocenters. The number of aliphatic hydroxyl groups excluding tert-OH is 2. The van der Waals surface area contributed by atoms with Gasteiger partial charge in [-0.1, -0.05) is 87.5 Å². The Kier molecular flexibility index (Phi) is 13.6. The van der Waals surface area contributed by atoms with Gasteiger partial charge in [-0.3, -0.25) is 14.4 Å². The van der Waals surface area contributed by atoms with Gasteiger partial charge in [-0.05, 0) is 61.4 Å². The molecule has 352 valence electrons. The molecule has 0 spiro atoms. The van der Waals surface area contributed by atoms with Crippen LogP contribution in [0.3, 0.4) is 0 Å². The van der Waals surface area contributed by atoms with Gasteiger partial charge in [0, 0.05) is 30.7 Å². The fourth-order valence-electron chi connectivity index (χ4n) is 10.4. The van der Waals surface area contributed by atoms with Crippen LogP contribution in [0.4, 0.5) is 4.79 Å². The molecule has 3 aromatic carbocycles. The lowest BCUT2D eigenvalue weighted by molar-refractivity contribution is -0.345. The molecular formula is C49H57N3O14. The average Bonchev–Trinajstić information content (AvgIpc) is 3.29. The quantitative estimate of drug-likeness (QED) is 0.0473. The molecule has 17 heteroatoms. The van der Waals surface area contributed by atoms with Crippen LogP contribution in [0.2, 0.25) is 0 Å². The van der Waals surface area contributed by atoms with E-state index in [4.69, 9.17) is 23.7 Å². The second-order valence-corrected chi connectivity index (χ2v) is 18.1. The topological polar surface area (TPSA) is 245 Å². The van der Waals surface area contributed by atoms with Crippen molar-refractivity contribution in [1.29, 1.82) is 0 Å². The Bertz CT molecular complexity index is 2360. The van der Waals surface area contributed by atoms with Crippen molar-refractivity contribution in [3.05, 3.63) is 119 Å². The van der Waals surface area contributed by atoms with Gasteiger partial charge < -0.3 is 55.0 Å². The smallest absolute Gasteiger partial charge is 0.409 e. The molecule has 3 fully saturated rings. The van der Waals surface area contributed by atoms with Crippen LogP contribution in [-0.2, 0) is 38.1 Å². The zero-order valence-electron chi connectivity index (χ0n) is 37.6. The third-order valence-electron chi connectivity index (χ3n) is 14.0. The van der Waals surface area contributed by atoms with E-state index in [1.165, 1.54) is 26.0 Å². The number of esters is 3. The van der Waals surface area contributed by atoms with E-state index in [1.807, 2.05) is 6.92 Å². The van der Waals surface area contributed by atoms with Crippen LogP contribution in [-0.4, -0.2) is 119 Å². The number of rotatable bonds is 13. The maximum atomic E-state index is 15.8. The number of amides is 2. The highest BCUT2D eigenvalue weighted by Crippen LogP contribution is 2.64. The van der Waals surface area contributed by atoms with Crippen molar-refractivity contribution in [3.8, 4) is 0 Å². The first-order valence-electron chi connectivity index (χ1n) is 22.0. The Morgan fingerprint density at radius 1 is 0.879 bits per heavy atom. The summed E-state index contributed by atoms with van der Waals surface area (Å²) in [7, 11) is 0. The lowest BCUT2D eigenvalue weighted by Crippen LogP contribution is -2.82. The van der Waals surface area contributed by atoms with Gasteiger partial charge in [0.15, 0.2) is 23.6 Å². The van der Waals surface area contributed by atoms with Crippen molar-refractivity contribution in [2.24, 2.45) is 16.7 Å². The predicted molar refractivity (Wildman–Crippen MR) is 234 cm³/mol. The molecule has 2 unspecified atom stereocenters. The first-order chi connectivity index (χ1) is 31.3. The Morgan fingerprint density at radius 3 is 2.06 bits per heavy atom. The van der Waals surface area contributed by atoms with E-state index in [1.54, 1.807) is 92.7 Å². The highest BCUT2D eigenvalue weighted by Gasteiger charge is 2.78. The van der Waals surface area contributed by atoms with E-state index in [-0.39, 0.29) is 42.0 Å². The number of benzene rings is 3. The summed E-state index contributed by atoms with van der Waals surface area (Å²) < 4.78 is 30.6. The van der Waals surface area contributed by atoms with Gasteiger partial charge in [-0.15, -0.1) is 0 Å². The van der Waals surface area contributed by atoms with E-state index in [2.05, 4.69) is 16.0 Å². The number of ketones is 1. The lowest BCUT2D eigenvalue weighted by atomic mass is 9.44. The number of fused-ring (bicyclic) bond motifs is 5. The van der Waals surface area contributed by atoms with Crippen molar-refractivity contribution in [2.75, 3.05) is 19.8 Å². The Morgan fingerprint density at radius 2 is 1.48 bits per heavy atom. The number of nitrogens with one attached hydrogen (secondary N) is 3. The first-order valence-corrected chi connectivity index (χ1v) is 22.0. The van der Waals surface area contributed by atoms with Crippen molar-refractivity contribution >= 4 is 35.7 Å². The van der Waals surface area contributed by atoms with Crippen molar-refractivity contribution in [1.82, 2.24) is 16.0 Å². The number of carbonyl (C=O) groups is 6. The molecule has 7 rings (SSSR count). The summed E-state index contributed by atoms with van der Waals surface area (Å²) >= 11 is 0. The molecule has 2 bridgehead atoms. The summed E-state index contributed by atoms with van der Waals surface area (Å²) in [6.07, 6.45) is -11.8. The zero-order valence-corrected chi connectivity index (χ0v) is 37.6. The van der Waals surface area contributed by atoms with E-state index in [0.717, 1.165) is 6.92 Å². The summed E-state index contributed by atoms with van der Waals surface area (Å²) in [5, 5.41) is 46.1. The number of Topliss-reactive ketones (excluding diaryl/α,β-unsaturated/α-hetero) is 1. The highest BCUT2D eigenvalue weighted by atomic mass is 16.6. The highest BCUT2D eigenvalue weighted by molar-refractivity contribution is 5.96. The van der Waals surface area contributed by atoms with Gasteiger partial charge in [0.05, 0.1) is 42.3 Å². The van der Waals surface area contributed by atoms with Crippen molar-refractivity contribution in [2.45, 2.75) is 108 Å². The molecule has 6 N–H and O–H groups in total. The molecule has 3 aliphatic carbocycles. The molecule has 1 heterocycles. The molecule has 2 saturated carbocycles. The molecule has 0 radical (unpaired) electrons. The summed E-state index contributed by atoms with van der Waals surface area (Å²) in [6, 6.07) is 22.9. The van der Waals surface area contributed by atoms with Crippen LogP contribution in [0.15, 0.2) is 102 Å². The number of carbonyl (C=O) groups excluding carboxylic acids is 6. The van der Waals surface area contributed by atoms with Crippen LogP contribution in [0.1, 0.15) is 86.7 Å². The van der Waals surface area contributed by atoms with E-state index >= 15 is 4.79 Å². The van der Waals surface area contributed by atoms with Gasteiger partial charge in [-0.25, -0.2) is 14.4 Å². The Labute approximate surface area is 382 Å². The Hall–Kier alpha value is -5.98. The minimum Gasteiger partial charge on any atom is -0.456 e. The maximum absolute atomic E-state index is 15.8. The molecule has 66 heavy (non-hydrogen) atoms. The van der Waals surface area contributed by atoms with Gasteiger partial charge in [0.25, 0.3) is 5.91 Å². The lowest BCUT2D eigenvalue weighted by Gasteiger charge is -2.67. The van der Waals surface area contributed by atoms with Gasteiger partial charge >= 0.3 is 24.0 Å². The van der Waals surface area contributed by atoms with Crippen LogP contribution >= 0.6 is 0 Å². The third-order valence-corrected chi connectivity index (χ3v) is 14.0. The van der Waals surface area contributed by atoms with E-state index in [0.29, 0.717) is 12.1 Å². The van der Waals surface area contributed by atoms with Crippen molar-refractivity contribution in [3.63, 3.8) is 0 Å². The van der Waals surface area contributed by atoms with Crippen LogP contribution in [0.25, 0.3) is 0 Å². The minimum atomic E-state index is -2.43. The van der Waals surface area contributed by atoms with Crippen molar-refractivity contribution < 1.29 is 67.8 Å². The molecule has 2 amide bonds. The largest absolute Gasteiger partial charge is 0.456 e.